The molecular weight excluding hydrogens is 320 g/mol. The van der Waals surface area contributed by atoms with Gasteiger partial charge in [0, 0.05) is 13.0 Å². The smallest absolute Gasteiger partial charge is 0.155 e. The Morgan fingerprint density at radius 3 is 2.50 bits per heavy atom. The highest BCUT2D eigenvalue weighted by Gasteiger charge is 2.59. The second-order valence-corrected chi connectivity index (χ2v) is 9.86. The molecule has 0 aromatic heterocycles. The zero-order chi connectivity index (χ0) is 19.1. The molecule has 7 atom stereocenters. The van der Waals surface area contributed by atoms with E-state index in [4.69, 9.17) is 0 Å². The number of allylic oxidation sites excluding steroid dienone is 1. The Morgan fingerprint density at radius 1 is 1.08 bits per heavy atom. The third-order valence-corrected chi connectivity index (χ3v) is 9.01. The average molecular weight is 361 g/mol. The van der Waals surface area contributed by atoms with Gasteiger partial charge in [0.05, 0.1) is 0 Å². The van der Waals surface area contributed by atoms with E-state index in [9.17, 15) is 9.90 Å². The first-order valence-electron chi connectivity index (χ1n) is 11.2. The van der Waals surface area contributed by atoms with Gasteiger partial charge in [-0.2, -0.15) is 0 Å². The van der Waals surface area contributed by atoms with Gasteiger partial charge in [0.25, 0.3) is 0 Å². The summed E-state index contributed by atoms with van der Waals surface area (Å²) in [5, 5.41) is 9.71. The molecule has 148 valence electrons. The van der Waals surface area contributed by atoms with Crippen LogP contribution in [0.3, 0.4) is 0 Å². The van der Waals surface area contributed by atoms with Gasteiger partial charge >= 0.3 is 0 Å². The molecule has 0 aromatic carbocycles. The Morgan fingerprint density at radius 2 is 1.81 bits per heavy atom. The van der Waals surface area contributed by atoms with E-state index in [-0.39, 0.29) is 0 Å². The van der Waals surface area contributed by atoms with Crippen molar-refractivity contribution >= 4 is 5.78 Å². The molecule has 3 saturated carbocycles. The number of carbonyl (C=O) groups excluding carboxylic acids is 1. The number of carbonyl (C=O) groups is 1. The summed E-state index contributed by atoms with van der Waals surface area (Å²) >= 11 is 0. The Labute approximate surface area is 160 Å². The van der Waals surface area contributed by atoms with E-state index in [1.165, 1.54) is 37.7 Å². The predicted molar refractivity (Wildman–Crippen MR) is 108 cm³/mol. The maximum absolute atomic E-state index is 11.9. The molecule has 1 N–H and O–H groups in total. The van der Waals surface area contributed by atoms with Crippen molar-refractivity contribution in [3.8, 4) is 0 Å². The minimum Gasteiger partial charge on any atom is -0.396 e. The summed E-state index contributed by atoms with van der Waals surface area (Å²) in [4.78, 5) is 11.9. The SMILES string of the molecule is CC.CC(CO)C1CCC2[C@@H]3CCC4=CC(=O)CC[C@]4(C)C3CC[C@]12C. The zero-order valence-corrected chi connectivity index (χ0v) is 17.7. The lowest BCUT2D eigenvalue weighted by molar-refractivity contribution is -0.117. The minimum atomic E-state index is 0.291. The normalized spacial score (nSPS) is 45.5. The van der Waals surface area contributed by atoms with Gasteiger partial charge in [-0.15, -0.1) is 0 Å². The number of hydrogen-bond acceptors (Lipinski definition) is 2. The first kappa shape index (κ1) is 20.1. The third-order valence-electron chi connectivity index (χ3n) is 9.01. The first-order chi connectivity index (χ1) is 12.4. The maximum atomic E-state index is 11.9. The average Bonchev–Trinajstić information content (AvgIpc) is 3.00. The quantitative estimate of drug-likeness (QED) is 0.677. The molecule has 0 bridgehead atoms. The van der Waals surface area contributed by atoms with Crippen LogP contribution in [0.15, 0.2) is 11.6 Å². The van der Waals surface area contributed by atoms with E-state index < -0.39 is 0 Å². The van der Waals surface area contributed by atoms with Crippen molar-refractivity contribution in [3.05, 3.63) is 11.6 Å². The number of ketones is 1. The Kier molecular flexibility index (Phi) is 5.74. The van der Waals surface area contributed by atoms with Crippen molar-refractivity contribution in [2.24, 2.45) is 40.4 Å². The second-order valence-electron chi connectivity index (χ2n) is 9.86. The van der Waals surface area contributed by atoms with Crippen LogP contribution in [0.1, 0.15) is 86.0 Å². The third kappa shape index (κ3) is 2.91. The molecule has 0 spiro atoms. The molecule has 0 radical (unpaired) electrons. The molecule has 4 unspecified atom stereocenters. The van der Waals surface area contributed by atoms with Crippen LogP contribution in [0.4, 0.5) is 0 Å². The molecule has 0 heterocycles. The van der Waals surface area contributed by atoms with Gasteiger partial charge in [-0.1, -0.05) is 40.2 Å². The molecule has 0 aromatic rings. The van der Waals surface area contributed by atoms with E-state index in [1.807, 2.05) is 19.9 Å². The minimum absolute atomic E-state index is 0.291. The molecular formula is C24H40O2. The van der Waals surface area contributed by atoms with Crippen molar-refractivity contribution in [3.63, 3.8) is 0 Å². The molecule has 3 fully saturated rings. The highest BCUT2D eigenvalue weighted by atomic mass is 16.3. The number of hydrogen-bond donors (Lipinski definition) is 1. The molecule has 2 nitrogen and oxygen atoms in total. The summed E-state index contributed by atoms with van der Waals surface area (Å²) in [5.74, 6) is 3.97. The topological polar surface area (TPSA) is 37.3 Å². The van der Waals surface area contributed by atoms with Crippen molar-refractivity contribution in [2.45, 2.75) is 86.0 Å². The summed E-state index contributed by atoms with van der Waals surface area (Å²) in [5.41, 5.74) is 2.20. The van der Waals surface area contributed by atoms with Crippen LogP contribution in [0.2, 0.25) is 0 Å². The Balaban J connectivity index is 0.000000948. The van der Waals surface area contributed by atoms with Gasteiger partial charge in [0.2, 0.25) is 0 Å². The van der Waals surface area contributed by atoms with Gasteiger partial charge in [-0.25, -0.2) is 0 Å². The van der Waals surface area contributed by atoms with Crippen LogP contribution in [0, 0.1) is 40.4 Å². The highest BCUT2D eigenvalue weighted by Crippen LogP contribution is 2.67. The zero-order valence-electron chi connectivity index (χ0n) is 17.7. The molecule has 26 heavy (non-hydrogen) atoms. The molecule has 4 aliphatic rings. The van der Waals surface area contributed by atoms with E-state index in [1.54, 1.807) is 0 Å². The lowest BCUT2D eigenvalue weighted by Gasteiger charge is -2.58. The highest BCUT2D eigenvalue weighted by molar-refractivity contribution is 5.91. The summed E-state index contributed by atoms with van der Waals surface area (Å²) < 4.78 is 0. The monoisotopic (exact) mass is 360 g/mol. The fourth-order valence-corrected chi connectivity index (χ4v) is 7.66. The number of fused-ring (bicyclic) bond motifs is 5. The second kappa shape index (κ2) is 7.41. The molecule has 0 saturated heterocycles. The lowest BCUT2D eigenvalue weighted by atomic mass is 9.46. The summed E-state index contributed by atoms with van der Waals surface area (Å²) in [6.45, 7) is 11.6. The van der Waals surface area contributed by atoms with E-state index in [2.05, 4.69) is 20.8 Å². The Bertz CT molecular complexity index is 565. The molecule has 2 heteroatoms. The molecule has 0 aliphatic heterocycles. The standard InChI is InChI=1S/C22H34O2.C2H6/c1-14(13-23)18-6-7-19-17-5-4-15-12-16(24)8-10-21(15,2)20(17)9-11-22(18,19)3;1-2/h12,14,17-20,23H,4-11,13H2,1-3H3;1-2H3/t14?,17-,18?,19?,20?,21-,22+;/m0./s1. The van der Waals surface area contributed by atoms with Crippen LogP contribution >= 0.6 is 0 Å². The van der Waals surface area contributed by atoms with Crippen LogP contribution in [-0.2, 0) is 4.79 Å². The lowest BCUT2D eigenvalue weighted by Crippen LogP contribution is -2.51. The van der Waals surface area contributed by atoms with Crippen molar-refractivity contribution in [1.82, 2.24) is 0 Å². The van der Waals surface area contributed by atoms with Gasteiger partial charge < -0.3 is 5.11 Å². The van der Waals surface area contributed by atoms with Crippen LogP contribution < -0.4 is 0 Å². The predicted octanol–water partition coefficient (Wildman–Crippen LogP) is 5.79. The van der Waals surface area contributed by atoms with Crippen molar-refractivity contribution in [1.29, 1.82) is 0 Å². The molecule has 0 amide bonds. The fourth-order valence-electron chi connectivity index (χ4n) is 7.66. The Hall–Kier alpha value is -0.630. The van der Waals surface area contributed by atoms with E-state index >= 15 is 0 Å². The van der Waals surface area contributed by atoms with E-state index in [0.717, 1.165) is 37.0 Å². The molecule has 4 aliphatic carbocycles. The number of aliphatic hydroxyl groups excluding tert-OH is 1. The summed E-state index contributed by atoms with van der Waals surface area (Å²) in [7, 11) is 0. The summed E-state index contributed by atoms with van der Waals surface area (Å²) in [6, 6.07) is 0. The maximum Gasteiger partial charge on any atom is 0.155 e. The van der Waals surface area contributed by atoms with Gasteiger partial charge in [-0.3, -0.25) is 4.79 Å². The number of aliphatic hydroxyl groups is 1. The van der Waals surface area contributed by atoms with Crippen LogP contribution in [0.25, 0.3) is 0 Å². The van der Waals surface area contributed by atoms with Gasteiger partial charge in [-0.05, 0) is 91.4 Å². The number of rotatable bonds is 2. The van der Waals surface area contributed by atoms with Crippen molar-refractivity contribution in [2.75, 3.05) is 6.61 Å². The van der Waals surface area contributed by atoms with Gasteiger partial charge in [0.15, 0.2) is 5.78 Å². The van der Waals surface area contributed by atoms with E-state index in [0.29, 0.717) is 35.1 Å². The molecule has 4 rings (SSSR count). The largest absolute Gasteiger partial charge is 0.396 e. The summed E-state index contributed by atoms with van der Waals surface area (Å²) in [6.07, 6.45) is 11.6. The first-order valence-corrected chi connectivity index (χ1v) is 11.2. The van der Waals surface area contributed by atoms with Crippen LogP contribution in [0.5, 0.6) is 0 Å². The van der Waals surface area contributed by atoms with Crippen molar-refractivity contribution < 1.29 is 9.90 Å². The van der Waals surface area contributed by atoms with Crippen LogP contribution in [-0.4, -0.2) is 17.5 Å². The van der Waals surface area contributed by atoms with Gasteiger partial charge in [0.1, 0.15) is 0 Å². The fraction of sp³-hybridized carbons (Fsp3) is 0.875.